The molecule has 1 heterocycles. The van der Waals surface area contributed by atoms with Crippen molar-refractivity contribution >= 4 is 17.5 Å². The van der Waals surface area contributed by atoms with E-state index in [0.717, 1.165) is 12.1 Å². The van der Waals surface area contributed by atoms with Gasteiger partial charge in [-0.1, -0.05) is 77.0 Å². The monoisotopic (exact) mass is 699 g/mol. The topological polar surface area (TPSA) is 190 Å². The van der Waals surface area contributed by atoms with Crippen molar-refractivity contribution < 1.29 is 32.5 Å². The largest absolute Gasteiger partial charge is 0.494 e. The van der Waals surface area contributed by atoms with Gasteiger partial charge in [-0.25, -0.2) is 10.4 Å². The predicted octanol–water partition coefficient (Wildman–Crippen LogP) is 7.54. The first kappa shape index (κ1) is 36.2. The molecule has 2 atom stereocenters. The van der Waals surface area contributed by atoms with Gasteiger partial charge in [0.15, 0.2) is 11.6 Å². The molecule has 0 radical (unpaired) electrons. The van der Waals surface area contributed by atoms with Crippen molar-refractivity contribution in [3.05, 3.63) is 151 Å². The van der Waals surface area contributed by atoms with Crippen molar-refractivity contribution in [1.29, 1.82) is 0 Å². The molecule has 13 nitrogen and oxygen atoms in total. The minimum absolute atomic E-state index is 0.0208. The molecule has 1 aliphatic rings. The average Bonchev–Trinajstić information content (AvgIpc) is 3.52. The van der Waals surface area contributed by atoms with Crippen molar-refractivity contribution in [2.24, 2.45) is 15.2 Å². The van der Waals surface area contributed by atoms with Crippen LogP contribution in [0.3, 0.4) is 0 Å². The summed E-state index contributed by atoms with van der Waals surface area (Å²) in [6.45, 7) is 0.0582. The lowest BCUT2D eigenvalue weighted by Crippen LogP contribution is -2.53. The van der Waals surface area contributed by atoms with E-state index in [-0.39, 0.29) is 43.3 Å². The molecule has 0 fully saturated rings. The standard InChI is InChI=1S/C35H32F3N9O4/c36-35(37,38)27-10-5-7-23(19-27)21-41-45-33(49)34(20-25-8-2-4-12-30(25)44-47-40)31(29-11-3-1-9-26(29)22-42-46-39)51-32(43-34)24-13-15-28(16-14-24)50-18-6-17-48/h1-5,7-16,19,31,41,48H,6,17-18,20-22H2,(H,45,49)/t31-,34-/m0/s1. The van der Waals surface area contributed by atoms with Gasteiger partial charge in [-0.05, 0) is 63.6 Å². The van der Waals surface area contributed by atoms with Crippen LogP contribution < -0.4 is 15.6 Å². The van der Waals surface area contributed by atoms with E-state index >= 15 is 0 Å². The molecule has 3 N–H and O–H groups in total. The van der Waals surface area contributed by atoms with Gasteiger partial charge < -0.3 is 14.6 Å². The van der Waals surface area contributed by atoms with Crippen LogP contribution in [0.25, 0.3) is 20.9 Å². The maximum absolute atomic E-state index is 14.6. The molecule has 262 valence electrons. The van der Waals surface area contributed by atoms with Crippen LogP contribution in [0.15, 0.2) is 112 Å². The number of aliphatic hydroxyl groups is 1. The van der Waals surface area contributed by atoms with Gasteiger partial charge in [0.05, 0.1) is 18.7 Å². The molecule has 0 unspecified atom stereocenters. The highest BCUT2D eigenvalue weighted by Crippen LogP contribution is 2.45. The molecule has 5 rings (SSSR count). The van der Waals surface area contributed by atoms with Crippen LogP contribution in [0.2, 0.25) is 0 Å². The fourth-order valence-electron chi connectivity index (χ4n) is 5.59. The first-order valence-electron chi connectivity index (χ1n) is 15.7. The number of alkyl halides is 3. The Morgan fingerprint density at radius 1 is 0.980 bits per heavy atom. The summed E-state index contributed by atoms with van der Waals surface area (Å²) >= 11 is 0. The highest BCUT2D eigenvalue weighted by molar-refractivity contribution is 6.01. The zero-order valence-corrected chi connectivity index (χ0v) is 27.0. The maximum atomic E-state index is 14.6. The molecule has 1 amide bonds. The van der Waals surface area contributed by atoms with Crippen LogP contribution in [-0.4, -0.2) is 35.7 Å². The fourth-order valence-corrected chi connectivity index (χ4v) is 5.59. The number of azide groups is 2. The Hall–Kier alpha value is -6.05. The van der Waals surface area contributed by atoms with Crippen molar-refractivity contribution in [3.8, 4) is 5.75 Å². The second kappa shape index (κ2) is 16.6. The van der Waals surface area contributed by atoms with E-state index in [1.807, 2.05) is 0 Å². The first-order chi connectivity index (χ1) is 24.7. The normalized spacial score (nSPS) is 16.6. The van der Waals surface area contributed by atoms with Crippen LogP contribution >= 0.6 is 0 Å². The molecule has 0 saturated carbocycles. The molecule has 16 heteroatoms. The summed E-state index contributed by atoms with van der Waals surface area (Å²) in [6.07, 6.45) is -5.38. The van der Waals surface area contributed by atoms with Gasteiger partial charge >= 0.3 is 6.18 Å². The lowest BCUT2D eigenvalue weighted by atomic mass is 9.80. The van der Waals surface area contributed by atoms with Gasteiger partial charge in [0.1, 0.15) is 5.75 Å². The predicted molar refractivity (Wildman–Crippen MR) is 181 cm³/mol. The van der Waals surface area contributed by atoms with E-state index in [1.165, 1.54) is 12.1 Å². The number of hydrogen-bond donors (Lipinski definition) is 3. The number of rotatable bonds is 15. The molecule has 1 aliphatic heterocycles. The Morgan fingerprint density at radius 2 is 1.73 bits per heavy atom. The summed E-state index contributed by atoms with van der Waals surface area (Å²) in [6, 6.07) is 25.1. The maximum Gasteiger partial charge on any atom is 0.416 e. The Kier molecular flexibility index (Phi) is 11.8. The number of halogens is 3. The van der Waals surface area contributed by atoms with Crippen LogP contribution in [0.5, 0.6) is 5.75 Å². The number of aliphatic imine (C=N–C) groups is 1. The minimum Gasteiger partial charge on any atom is -0.494 e. The van der Waals surface area contributed by atoms with E-state index in [9.17, 15) is 23.5 Å². The Bertz CT molecular complexity index is 1980. The van der Waals surface area contributed by atoms with Gasteiger partial charge in [-0.2, -0.15) is 13.2 Å². The van der Waals surface area contributed by atoms with Crippen molar-refractivity contribution in [1.82, 2.24) is 10.9 Å². The van der Waals surface area contributed by atoms with Crippen LogP contribution in [0.1, 0.15) is 45.9 Å². The smallest absolute Gasteiger partial charge is 0.416 e. The molecule has 4 aromatic carbocycles. The van der Waals surface area contributed by atoms with E-state index in [1.54, 1.807) is 72.8 Å². The third kappa shape index (κ3) is 8.76. The number of carbonyl (C=O) groups excluding carboxylic acids is 1. The second-order valence-corrected chi connectivity index (χ2v) is 11.4. The number of benzene rings is 4. The summed E-state index contributed by atoms with van der Waals surface area (Å²) in [5, 5.41) is 16.6. The molecule has 51 heavy (non-hydrogen) atoms. The van der Waals surface area contributed by atoms with E-state index < -0.39 is 29.3 Å². The number of ether oxygens (including phenoxy) is 2. The fraction of sp³-hybridized carbons (Fsp3) is 0.257. The lowest BCUT2D eigenvalue weighted by Gasteiger charge is -2.32. The molecule has 4 aromatic rings. The molecular formula is C35H32F3N9O4. The zero-order valence-electron chi connectivity index (χ0n) is 27.0. The van der Waals surface area contributed by atoms with Gasteiger partial charge in [0.2, 0.25) is 5.90 Å². The summed E-state index contributed by atoms with van der Waals surface area (Å²) in [5.41, 5.74) is 23.6. The average molecular weight is 700 g/mol. The molecule has 0 aliphatic carbocycles. The number of nitrogens with zero attached hydrogens (tertiary/aromatic N) is 7. The number of nitrogens with one attached hydrogen (secondary N) is 2. The number of hydrazine groups is 1. The van der Waals surface area contributed by atoms with Crippen LogP contribution in [0.4, 0.5) is 18.9 Å². The third-order valence-corrected chi connectivity index (χ3v) is 8.02. The van der Waals surface area contributed by atoms with Gasteiger partial charge in [0.25, 0.3) is 5.91 Å². The molecular weight excluding hydrogens is 667 g/mol. The number of hydrogen-bond acceptors (Lipinski definition) is 8. The Labute approximate surface area is 290 Å². The summed E-state index contributed by atoms with van der Waals surface area (Å²) in [4.78, 5) is 25.3. The van der Waals surface area contributed by atoms with E-state index in [2.05, 4.69) is 30.9 Å². The van der Waals surface area contributed by atoms with Crippen molar-refractivity contribution in [2.75, 3.05) is 13.2 Å². The SMILES string of the molecule is [N-]=[N+]=NCc1ccccc1[C@@H]1OC(c2ccc(OCCCO)cc2)=N[C@]1(Cc1ccccc1N=[N+]=[N-])C(=O)NNCc1cccc(C(F)(F)F)c1. The zero-order chi connectivity index (χ0) is 36.3. The number of amides is 1. The van der Waals surface area contributed by atoms with Crippen LogP contribution in [0, 0.1) is 0 Å². The molecule has 0 spiro atoms. The van der Waals surface area contributed by atoms with E-state index in [4.69, 9.17) is 25.1 Å². The summed E-state index contributed by atoms with van der Waals surface area (Å²) in [7, 11) is 0. The lowest BCUT2D eigenvalue weighted by molar-refractivity contribution is -0.137. The Balaban J connectivity index is 1.59. The minimum atomic E-state index is -4.55. The van der Waals surface area contributed by atoms with Gasteiger partial charge in [0, 0.05) is 47.1 Å². The van der Waals surface area contributed by atoms with Gasteiger partial charge in [-0.3, -0.25) is 10.2 Å². The van der Waals surface area contributed by atoms with Crippen molar-refractivity contribution in [3.63, 3.8) is 0 Å². The highest BCUT2D eigenvalue weighted by Gasteiger charge is 2.54. The highest BCUT2D eigenvalue weighted by atomic mass is 19.4. The summed E-state index contributed by atoms with van der Waals surface area (Å²) < 4.78 is 52.3. The van der Waals surface area contributed by atoms with E-state index in [0.29, 0.717) is 41.0 Å². The molecule has 0 aromatic heterocycles. The van der Waals surface area contributed by atoms with Gasteiger partial charge in [-0.15, -0.1) is 0 Å². The number of carbonyl (C=O) groups is 1. The second-order valence-electron chi connectivity index (χ2n) is 11.4. The quantitative estimate of drug-likeness (QED) is 0.0379. The number of aliphatic hydroxyl groups excluding tert-OH is 1. The van der Waals surface area contributed by atoms with Crippen molar-refractivity contribution in [2.45, 2.75) is 43.8 Å². The third-order valence-electron chi connectivity index (χ3n) is 8.02. The summed E-state index contributed by atoms with van der Waals surface area (Å²) in [5.74, 6) is -0.0734. The molecule has 0 bridgehead atoms. The molecule has 0 saturated heterocycles. The first-order valence-corrected chi connectivity index (χ1v) is 15.7. The Morgan fingerprint density at radius 3 is 2.45 bits per heavy atom. The van der Waals surface area contributed by atoms with Crippen LogP contribution in [-0.2, 0) is 35.2 Å².